The van der Waals surface area contributed by atoms with E-state index < -0.39 is 0 Å². The minimum Gasteiger partial charge on any atom is -0.464 e. The number of hydrogen-bond donors (Lipinski definition) is 0. The van der Waals surface area contributed by atoms with Gasteiger partial charge < -0.3 is 4.74 Å². The van der Waals surface area contributed by atoms with Crippen molar-refractivity contribution in [3.8, 4) is 0 Å². The lowest BCUT2D eigenvalue weighted by atomic mass is 10.0. The van der Waals surface area contributed by atoms with Crippen molar-refractivity contribution < 1.29 is 9.53 Å². The first-order valence-corrected chi connectivity index (χ1v) is 4.53. The smallest absolute Gasteiger partial charge is 0.293 e. The van der Waals surface area contributed by atoms with Crippen LogP contribution >= 0.6 is 0 Å². The molecule has 0 aliphatic rings. The summed E-state index contributed by atoms with van der Waals surface area (Å²) in [7, 11) is 0. The third-order valence-electron chi connectivity index (χ3n) is 2.09. The van der Waals surface area contributed by atoms with Crippen molar-refractivity contribution in [2.75, 3.05) is 6.61 Å². The predicted molar refractivity (Wildman–Crippen MR) is 57.0 cm³/mol. The molecule has 1 rings (SSSR count). The first-order chi connectivity index (χ1) is 6.75. The van der Waals surface area contributed by atoms with Crippen molar-refractivity contribution in [3.05, 3.63) is 41.0 Å². The van der Waals surface area contributed by atoms with Gasteiger partial charge in [-0.25, -0.2) is 0 Å². The molecule has 0 atom stereocenters. The van der Waals surface area contributed by atoms with Crippen molar-refractivity contribution in [2.24, 2.45) is 0 Å². The fraction of sp³-hybridized carbons (Fsp3) is 0.250. The number of hydrogen-bond acceptors (Lipinski definition) is 2. The molecular formula is C12H14O2. The lowest BCUT2D eigenvalue weighted by molar-refractivity contribution is -0.127. The minimum atomic E-state index is 0.331. The summed E-state index contributed by atoms with van der Waals surface area (Å²) < 4.78 is 4.57. The Bertz CT molecular complexity index is 320. The molecule has 14 heavy (non-hydrogen) atoms. The fourth-order valence-electron chi connectivity index (χ4n) is 1.35. The largest absolute Gasteiger partial charge is 0.464 e. The quantitative estimate of drug-likeness (QED) is 0.538. The van der Waals surface area contributed by atoms with E-state index in [0.29, 0.717) is 13.1 Å². The first kappa shape index (κ1) is 10.5. The Balaban J connectivity index is 2.75. The van der Waals surface area contributed by atoms with Crippen LogP contribution in [0.5, 0.6) is 0 Å². The van der Waals surface area contributed by atoms with Crippen molar-refractivity contribution in [1.29, 1.82) is 0 Å². The van der Waals surface area contributed by atoms with Crippen LogP contribution in [0.3, 0.4) is 0 Å². The van der Waals surface area contributed by atoms with Gasteiger partial charge in [0, 0.05) is 0 Å². The summed E-state index contributed by atoms with van der Waals surface area (Å²) in [6.45, 7) is 4.91. The molecule has 0 saturated carbocycles. The molecule has 0 aromatic heterocycles. The average molecular weight is 190 g/mol. The van der Waals surface area contributed by atoms with Crippen LogP contribution in [-0.2, 0) is 9.53 Å². The van der Waals surface area contributed by atoms with E-state index >= 15 is 0 Å². The molecule has 2 heteroatoms. The van der Waals surface area contributed by atoms with Crippen LogP contribution in [0.2, 0.25) is 0 Å². The molecule has 0 aliphatic heterocycles. The molecule has 0 unspecified atom stereocenters. The monoisotopic (exact) mass is 190 g/mol. The molecule has 0 amide bonds. The molecule has 1 aromatic carbocycles. The standard InChI is InChI=1S/C12H14O2/c1-10-5-3-6-11(2)12(10)7-4-8-14-9-13/h3-7,9H,8H2,1-2H3. The Morgan fingerprint density at radius 2 is 1.93 bits per heavy atom. The number of rotatable bonds is 4. The molecule has 2 nitrogen and oxygen atoms in total. The lowest BCUT2D eigenvalue weighted by Gasteiger charge is -2.03. The normalized spacial score (nSPS) is 10.4. The molecule has 0 fully saturated rings. The van der Waals surface area contributed by atoms with Crippen molar-refractivity contribution in [2.45, 2.75) is 13.8 Å². The third kappa shape index (κ3) is 2.73. The second-order valence-electron chi connectivity index (χ2n) is 3.14. The SMILES string of the molecule is Cc1cccc(C)c1C=CCOC=O. The van der Waals surface area contributed by atoms with Gasteiger partial charge in [0.1, 0.15) is 6.61 Å². The Morgan fingerprint density at radius 3 is 2.50 bits per heavy atom. The zero-order valence-corrected chi connectivity index (χ0v) is 8.49. The molecule has 0 heterocycles. The van der Waals surface area contributed by atoms with Gasteiger partial charge in [-0.05, 0) is 36.6 Å². The first-order valence-electron chi connectivity index (χ1n) is 4.53. The van der Waals surface area contributed by atoms with Crippen molar-refractivity contribution in [1.82, 2.24) is 0 Å². The maximum Gasteiger partial charge on any atom is 0.293 e. The maximum absolute atomic E-state index is 9.89. The number of ether oxygens (including phenoxy) is 1. The molecule has 1 aromatic rings. The molecular weight excluding hydrogens is 176 g/mol. The molecule has 0 bridgehead atoms. The maximum atomic E-state index is 9.89. The second kappa shape index (κ2) is 5.22. The summed E-state index contributed by atoms with van der Waals surface area (Å²) in [5, 5.41) is 0. The van der Waals surface area contributed by atoms with Gasteiger partial charge in [0.2, 0.25) is 0 Å². The molecule has 0 aliphatic carbocycles. The van der Waals surface area contributed by atoms with E-state index in [1.807, 2.05) is 18.2 Å². The van der Waals surface area contributed by atoms with Gasteiger partial charge >= 0.3 is 0 Å². The topological polar surface area (TPSA) is 26.3 Å². The zero-order valence-electron chi connectivity index (χ0n) is 8.49. The van der Waals surface area contributed by atoms with Crippen LogP contribution < -0.4 is 0 Å². The van der Waals surface area contributed by atoms with Crippen LogP contribution in [0.15, 0.2) is 24.3 Å². The Morgan fingerprint density at radius 1 is 1.29 bits per heavy atom. The number of carbonyl (C=O) groups is 1. The Labute approximate surface area is 84.2 Å². The predicted octanol–water partition coefficient (Wildman–Crippen LogP) is 2.49. The highest BCUT2D eigenvalue weighted by Gasteiger charge is 1.96. The summed E-state index contributed by atoms with van der Waals surface area (Å²) in [6.07, 6.45) is 3.82. The molecule has 0 saturated heterocycles. The minimum absolute atomic E-state index is 0.331. The van der Waals surface area contributed by atoms with Gasteiger partial charge in [0.15, 0.2) is 0 Å². The summed E-state index contributed by atoms with van der Waals surface area (Å²) >= 11 is 0. The van der Waals surface area contributed by atoms with Gasteiger partial charge in [-0.15, -0.1) is 0 Å². The second-order valence-corrected chi connectivity index (χ2v) is 3.14. The van der Waals surface area contributed by atoms with Crippen LogP contribution in [0.4, 0.5) is 0 Å². The van der Waals surface area contributed by atoms with E-state index in [1.165, 1.54) is 16.7 Å². The number of aryl methyl sites for hydroxylation is 2. The summed E-state index contributed by atoms with van der Waals surface area (Å²) in [4.78, 5) is 9.89. The Kier molecular flexibility index (Phi) is 3.92. The van der Waals surface area contributed by atoms with E-state index in [2.05, 4.69) is 30.7 Å². The number of benzene rings is 1. The molecule has 0 N–H and O–H groups in total. The van der Waals surface area contributed by atoms with Gasteiger partial charge in [0.05, 0.1) is 0 Å². The average Bonchev–Trinajstić information content (AvgIpc) is 2.16. The van der Waals surface area contributed by atoms with Crippen LogP contribution in [0.1, 0.15) is 16.7 Å². The zero-order chi connectivity index (χ0) is 10.4. The highest BCUT2D eigenvalue weighted by molar-refractivity contribution is 5.57. The highest BCUT2D eigenvalue weighted by Crippen LogP contribution is 2.14. The summed E-state index contributed by atoms with van der Waals surface area (Å²) in [5.74, 6) is 0. The fourth-order valence-corrected chi connectivity index (χ4v) is 1.35. The summed E-state index contributed by atoms with van der Waals surface area (Å²) in [6, 6.07) is 6.16. The Hall–Kier alpha value is -1.57. The van der Waals surface area contributed by atoms with E-state index in [0.717, 1.165) is 0 Å². The van der Waals surface area contributed by atoms with Gasteiger partial charge in [-0.1, -0.05) is 24.3 Å². The van der Waals surface area contributed by atoms with Crippen molar-refractivity contribution >= 4 is 12.5 Å². The molecule has 0 spiro atoms. The molecule has 74 valence electrons. The molecule has 0 radical (unpaired) electrons. The van der Waals surface area contributed by atoms with E-state index in [-0.39, 0.29) is 0 Å². The van der Waals surface area contributed by atoms with Crippen LogP contribution in [0, 0.1) is 13.8 Å². The van der Waals surface area contributed by atoms with Gasteiger partial charge in [-0.3, -0.25) is 4.79 Å². The highest BCUT2D eigenvalue weighted by atomic mass is 16.5. The van der Waals surface area contributed by atoms with E-state index in [9.17, 15) is 4.79 Å². The lowest BCUT2D eigenvalue weighted by Crippen LogP contribution is -1.88. The van der Waals surface area contributed by atoms with E-state index in [4.69, 9.17) is 0 Å². The van der Waals surface area contributed by atoms with Gasteiger partial charge in [-0.2, -0.15) is 0 Å². The van der Waals surface area contributed by atoms with Gasteiger partial charge in [0.25, 0.3) is 6.47 Å². The van der Waals surface area contributed by atoms with Crippen molar-refractivity contribution in [3.63, 3.8) is 0 Å². The summed E-state index contributed by atoms with van der Waals surface area (Å²) in [5.41, 5.74) is 3.65. The van der Waals surface area contributed by atoms with Crippen LogP contribution in [0.25, 0.3) is 6.08 Å². The number of carbonyl (C=O) groups excluding carboxylic acids is 1. The van der Waals surface area contributed by atoms with E-state index in [1.54, 1.807) is 0 Å². The third-order valence-corrected chi connectivity index (χ3v) is 2.09. The van der Waals surface area contributed by atoms with Crippen LogP contribution in [-0.4, -0.2) is 13.1 Å².